The van der Waals surface area contributed by atoms with Gasteiger partial charge in [0.05, 0.1) is 16.8 Å². The summed E-state index contributed by atoms with van der Waals surface area (Å²) in [4.78, 5) is 28.1. The highest BCUT2D eigenvalue weighted by molar-refractivity contribution is 7.97. The van der Waals surface area contributed by atoms with Crippen LogP contribution in [0.1, 0.15) is 32.6 Å². The molecule has 0 unspecified atom stereocenters. The van der Waals surface area contributed by atoms with Crippen LogP contribution >= 0.6 is 0 Å². The van der Waals surface area contributed by atoms with E-state index < -0.39 is 0 Å². The second-order valence-corrected chi connectivity index (χ2v) is 10.5. The fourth-order valence-electron chi connectivity index (χ4n) is 4.03. The minimum absolute atomic E-state index is 0.151. The molecule has 4 rings (SSSR count). The third kappa shape index (κ3) is 5.97. The van der Waals surface area contributed by atoms with Gasteiger partial charge in [-0.2, -0.15) is 0 Å². The lowest BCUT2D eigenvalue weighted by Crippen LogP contribution is -2.30. The second-order valence-electron chi connectivity index (χ2n) is 8.48. The normalized spacial score (nSPS) is 17.7. The van der Waals surface area contributed by atoms with E-state index in [9.17, 15) is 9.59 Å². The van der Waals surface area contributed by atoms with Gasteiger partial charge in [0, 0.05) is 5.57 Å². The van der Waals surface area contributed by atoms with E-state index in [-0.39, 0.29) is 34.9 Å². The van der Waals surface area contributed by atoms with Gasteiger partial charge in [-0.15, -0.1) is 0 Å². The molecule has 5 heteroatoms. The third-order valence-corrected chi connectivity index (χ3v) is 8.10. The van der Waals surface area contributed by atoms with Crippen LogP contribution in [0.5, 0.6) is 5.75 Å². The molecule has 1 fully saturated rings. The molecule has 1 aliphatic rings. The fourth-order valence-corrected chi connectivity index (χ4v) is 6.12. The van der Waals surface area contributed by atoms with Crippen LogP contribution in [0.2, 0.25) is 0 Å². The summed E-state index contributed by atoms with van der Waals surface area (Å²) in [5.41, 5.74) is 0.396. The maximum absolute atomic E-state index is 12.7. The van der Waals surface area contributed by atoms with Crippen LogP contribution in [-0.4, -0.2) is 18.0 Å². The monoisotopic (exact) mass is 473 g/mol. The van der Waals surface area contributed by atoms with Crippen LogP contribution in [-0.2, 0) is 25.2 Å². The number of carbonyl (C=O) groups excluding carboxylic acids is 2. The Labute approximate surface area is 204 Å². The summed E-state index contributed by atoms with van der Waals surface area (Å²) < 4.78 is 11.1. The van der Waals surface area contributed by atoms with Crippen molar-refractivity contribution in [3.05, 3.63) is 97.1 Å². The number of carbonyl (C=O) groups is 2. The first-order chi connectivity index (χ1) is 16.5. The van der Waals surface area contributed by atoms with Gasteiger partial charge in [0.2, 0.25) is 0 Å². The number of hydrogen-bond acceptors (Lipinski definition) is 4. The van der Waals surface area contributed by atoms with Gasteiger partial charge < -0.3 is 9.47 Å². The highest BCUT2D eigenvalue weighted by atomic mass is 32.2. The quantitative estimate of drug-likeness (QED) is 0.173. The van der Waals surface area contributed by atoms with Crippen LogP contribution < -0.4 is 4.74 Å². The Bertz CT molecular complexity index is 1080. The molecule has 1 aliphatic carbocycles. The van der Waals surface area contributed by atoms with E-state index in [1.165, 1.54) is 9.79 Å². The first-order valence-corrected chi connectivity index (χ1v) is 12.8. The second kappa shape index (κ2) is 11.2. The standard InChI is InChI=1S/C29H29O4S/c1-21(2)28(30)32-23-15-13-22(14-16-23)29(31)33-24-17-19-27(20-18-24)34(25-9-5-3-6-10-25)26-11-7-4-8-12-26/h3-12,17-20,22-23H,1,13-16H2,2H3/q+1. The highest BCUT2D eigenvalue weighted by Crippen LogP contribution is 2.33. The fraction of sp³-hybridized carbons (Fsp3) is 0.241. The van der Waals surface area contributed by atoms with Crippen molar-refractivity contribution in [2.24, 2.45) is 5.92 Å². The third-order valence-electron chi connectivity index (χ3n) is 5.87. The highest BCUT2D eigenvalue weighted by Gasteiger charge is 2.31. The van der Waals surface area contributed by atoms with E-state index in [0.717, 1.165) is 4.90 Å². The Morgan fingerprint density at radius 3 is 1.76 bits per heavy atom. The first kappa shape index (κ1) is 23.8. The Kier molecular flexibility index (Phi) is 7.86. The van der Waals surface area contributed by atoms with Gasteiger partial charge in [-0.25, -0.2) is 4.79 Å². The average molecular weight is 474 g/mol. The molecule has 0 radical (unpaired) electrons. The molecular weight excluding hydrogens is 444 g/mol. The average Bonchev–Trinajstić information content (AvgIpc) is 2.87. The molecule has 0 aliphatic heterocycles. The van der Waals surface area contributed by atoms with E-state index in [2.05, 4.69) is 55.1 Å². The molecule has 174 valence electrons. The predicted octanol–water partition coefficient (Wildman–Crippen LogP) is 6.37. The van der Waals surface area contributed by atoms with E-state index in [1.807, 2.05) is 36.4 Å². The molecule has 0 heterocycles. The Morgan fingerprint density at radius 1 is 0.765 bits per heavy atom. The predicted molar refractivity (Wildman–Crippen MR) is 134 cm³/mol. The molecule has 3 aromatic rings. The molecule has 4 nitrogen and oxygen atoms in total. The molecule has 3 aromatic carbocycles. The molecule has 0 atom stereocenters. The molecule has 0 aromatic heterocycles. The summed E-state index contributed by atoms with van der Waals surface area (Å²) in [5.74, 6) is -0.212. The van der Waals surface area contributed by atoms with Crippen molar-refractivity contribution in [2.45, 2.75) is 53.4 Å². The Morgan fingerprint density at radius 2 is 1.26 bits per heavy atom. The van der Waals surface area contributed by atoms with Crippen LogP contribution in [0, 0.1) is 5.92 Å². The molecule has 0 amide bonds. The summed E-state index contributed by atoms with van der Waals surface area (Å²) in [7, 11) is -0.241. The minimum Gasteiger partial charge on any atom is -0.459 e. The summed E-state index contributed by atoms with van der Waals surface area (Å²) >= 11 is 0. The van der Waals surface area contributed by atoms with Crippen molar-refractivity contribution in [1.29, 1.82) is 0 Å². The van der Waals surface area contributed by atoms with Gasteiger partial charge >= 0.3 is 11.9 Å². The van der Waals surface area contributed by atoms with Crippen LogP contribution in [0.4, 0.5) is 0 Å². The smallest absolute Gasteiger partial charge is 0.333 e. The zero-order chi connectivity index (χ0) is 23.9. The van der Waals surface area contributed by atoms with Crippen molar-refractivity contribution in [3.8, 4) is 5.75 Å². The van der Waals surface area contributed by atoms with Gasteiger partial charge in [0.1, 0.15) is 11.9 Å². The molecule has 0 bridgehead atoms. The zero-order valence-electron chi connectivity index (χ0n) is 19.3. The van der Waals surface area contributed by atoms with Gasteiger partial charge in [-0.3, -0.25) is 4.79 Å². The number of ether oxygens (including phenoxy) is 2. The Hall–Kier alpha value is -3.31. The van der Waals surface area contributed by atoms with Gasteiger partial charge in [0.25, 0.3) is 0 Å². The van der Waals surface area contributed by atoms with Gasteiger partial charge in [-0.05, 0) is 81.1 Å². The molecule has 0 saturated heterocycles. The summed E-state index contributed by atoms with van der Waals surface area (Å²) in [6.07, 6.45) is 2.47. The van der Waals surface area contributed by atoms with Crippen LogP contribution in [0.15, 0.2) is 112 Å². The number of rotatable bonds is 7. The Balaban J connectivity index is 1.40. The SMILES string of the molecule is C=C(C)C(=O)OC1CCC(C(=O)Oc2ccc([S+](c3ccccc3)c3ccccc3)cc2)CC1. The molecule has 0 spiro atoms. The van der Waals surface area contributed by atoms with Gasteiger partial charge in [-0.1, -0.05) is 43.0 Å². The zero-order valence-corrected chi connectivity index (χ0v) is 20.1. The molecule has 0 N–H and O–H groups in total. The van der Waals surface area contributed by atoms with Gasteiger partial charge in [0.15, 0.2) is 14.7 Å². The molecule has 34 heavy (non-hydrogen) atoms. The van der Waals surface area contributed by atoms with Crippen LogP contribution in [0.25, 0.3) is 0 Å². The topological polar surface area (TPSA) is 52.6 Å². The van der Waals surface area contributed by atoms with Crippen molar-refractivity contribution in [1.82, 2.24) is 0 Å². The summed E-state index contributed by atoms with van der Waals surface area (Å²) in [5, 5.41) is 0. The lowest BCUT2D eigenvalue weighted by molar-refractivity contribution is -0.148. The molecular formula is C29H29O4S+. The lowest BCUT2D eigenvalue weighted by atomic mass is 9.87. The number of esters is 2. The number of benzene rings is 3. The van der Waals surface area contributed by atoms with E-state index in [1.54, 1.807) is 6.92 Å². The van der Waals surface area contributed by atoms with E-state index >= 15 is 0 Å². The van der Waals surface area contributed by atoms with E-state index in [0.29, 0.717) is 37.0 Å². The first-order valence-electron chi connectivity index (χ1n) is 11.5. The van der Waals surface area contributed by atoms with Crippen molar-refractivity contribution in [2.75, 3.05) is 0 Å². The van der Waals surface area contributed by atoms with E-state index in [4.69, 9.17) is 9.47 Å². The maximum atomic E-state index is 12.7. The van der Waals surface area contributed by atoms with Crippen molar-refractivity contribution < 1.29 is 19.1 Å². The largest absolute Gasteiger partial charge is 0.459 e. The lowest BCUT2D eigenvalue weighted by Gasteiger charge is -2.27. The number of hydrogen-bond donors (Lipinski definition) is 0. The minimum atomic E-state index is -0.365. The maximum Gasteiger partial charge on any atom is 0.333 e. The van der Waals surface area contributed by atoms with Crippen LogP contribution in [0.3, 0.4) is 0 Å². The van der Waals surface area contributed by atoms with Crippen molar-refractivity contribution in [3.63, 3.8) is 0 Å². The van der Waals surface area contributed by atoms with Crippen molar-refractivity contribution >= 4 is 22.8 Å². The summed E-state index contributed by atoms with van der Waals surface area (Å²) in [6, 6.07) is 28.7. The summed E-state index contributed by atoms with van der Waals surface area (Å²) in [6.45, 7) is 5.25. The molecule has 1 saturated carbocycles.